The number of alkyl halides is 3. The van der Waals surface area contributed by atoms with Crippen molar-refractivity contribution in [2.24, 2.45) is 5.92 Å². The Labute approximate surface area is 236 Å². The molecule has 5 heteroatoms. The fourth-order valence-corrected chi connectivity index (χ4v) is 3.39. The number of nitrogens with zero attached hydrogens (tertiary/aromatic N) is 1. The van der Waals surface area contributed by atoms with E-state index in [9.17, 15) is 18.0 Å². The maximum absolute atomic E-state index is 13.2. The summed E-state index contributed by atoms with van der Waals surface area (Å²) in [6, 6.07) is 5.36. The van der Waals surface area contributed by atoms with E-state index in [2.05, 4.69) is 34.6 Å². The molecule has 0 saturated heterocycles. The van der Waals surface area contributed by atoms with Crippen LogP contribution in [0.4, 0.5) is 13.2 Å². The van der Waals surface area contributed by atoms with Crippen LogP contribution in [0.2, 0.25) is 0 Å². The first-order valence-corrected chi connectivity index (χ1v) is 14.2. The van der Waals surface area contributed by atoms with Crippen molar-refractivity contribution in [2.75, 3.05) is 0 Å². The zero-order valence-electron chi connectivity index (χ0n) is 25.7. The lowest BCUT2D eigenvalue weighted by molar-refractivity contribution is -0.137. The molecule has 1 atom stereocenters. The van der Waals surface area contributed by atoms with Gasteiger partial charge in [0.25, 0.3) is 0 Å². The lowest BCUT2D eigenvalue weighted by atomic mass is 9.92. The summed E-state index contributed by atoms with van der Waals surface area (Å²) in [7, 11) is 0. The van der Waals surface area contributed by atoms with E-state index in [4.69, 9.17) is 0 Å². The number of rotatable bonds is 8. The Hall–Kier alpha value is -2.82. The summed E-state index contributed by atoms with van der Waals surface area (Å²) in [6.07, 6.45) is 11.9. The number of ketones is 1. The second-order valence-electron chi connectivity index (χ2n) is 10.1. The third kappa shape index (κ3) is 12.7. The fourth-order valence-electron chi connectivity index (χ4n) is 3.39. The third-order valence-corrected chi connectivity index (χ3v) is 6.36. The van der Waals surface area contributed by atoms with Gasteiger partial charge in [0.1, 0.15) is 0 Å². The molecule has 0 radical (unpaired) electrons. The third-order valence-electron chi connectivity index (χ3n) is 6.36. The van der Waals surface area contributed by atoms with Crippen LogP contribution in [-0.2, 0) is 11.0 Å². The van der Waals surface area contributed by atoms with E-state index < -0.39 is 11.7 Å². The maximum atomic E-state index is 13.2. The molecule has 0 aliphatic carbocycles. The highest BCUT2D eigenvalue weighted by molar-refractivity contribution is 5.93. The number of hydrogen-bond acceptors (Lipinski definition) is 2. The highest BCUT2D eigenvalue weighted by Crippen LogP contribution is 2.34. The summed E-state index contributed by atoms with van der Waals surface area (Å²) in [4.78, 5) is 14.0. The van der Waals surface area contributed by atoms with Gasteiger partial charge in [-0.3, -0.25) is 4.79 Å². The molecule has 0 spiro atoms. The van der Waals surface area contributed by atoms with Crippen molar-refractivity contribution in [3.63, 3.8) is 0 Å². The Morgan fingerprint density at radius 1 is 1.08 bits per heavy atom. The van der Waals surface area contributed by atoms with E-state index >= 15 is 0 Å². The summed E-state index contributed by atoms with van der Waals surface area (Å²) in [5.41, 5.74) is 2.82. The molecule has 0 N–H and O–H groups in total. The molecule has 2 rings (SSSR count). The van der Waals surface area contributed by atoms with Crippen molar-refractivity contribution in [1.29, 1.82) is 0 Å². The molecule has 1 unspecified atom stereocenters. The summed E-state index contributed by atoms with van der Waals surface area (Å²) >= 11 is 0. The quantitative estimate of drug-likeness (QED) is 0.239. The molecule has 0 amide bonds. The second kappa shape index (κ2) is 18.5. The van der Waals surface area contributed by atoms with Crippen molar-refractivity contribution >= 4 is 11.4 Å². The summed E-state index contributed by atoms with van der Waals surface area (Å²) in [5.74, 6) is 0.842. The summed E-state index contributed by atoms with van der Waals surface area (Å²) in [5, 5.41) is 0. The average molecular weight is 546 g/mol. The van der Waals surface area contributed by atoms with Crippen molar-refractivity contribution in [3.05, 3.63) is 88.8 Å². The minimum Gasteiger partial charge on any atom is -0.338 e. The Kier molecular flexibility index (Phi) is 17.1. The zero-order chi connectivity index (χ0) is 30.2. The number of carbonyl (C=O) groups is 1. The van der Waals surface area contributed by atoms with Gasteiger partial charge in [-0.1, -0.05) is 103 Å². The first kappa shape index (κ1) is 36.2. The molecule has 0 bridgehead atoms. The van der Waals surface area contributed by atoms with Crippen molar-refractivity contribution in [2.45, 2.75) is 107 Å². The van der Waals surface area contributed by atoms with Gasteiger partial charge in [-0.05, 0) is 67.5 Å². The van der Waals surface area contributed by atoms with Gasteiger partial charge in [-0.15, -0.1) is 0 Å². The molecule has 1 aromatic rings. The number of hydrogen-bond donors (Lipinski definition) is 0. The van der Waals surface area contributed by atoms with Gasteiger partial charge in [-0.2, -0.15) is 13.2 Å². The Bertz CT molecular complexity index is 1040. The lowest BCUT2D eigenvalue weighted by Gasteiger charge is -2.31. The molecular formula is C34H50F3NO. The van der Waals surface area contributed by atoms with E-state index in [-0.39, 0.29) is 11.8 Å². The van der Waals surface area contributed by atoms with Crippen LogP contribution < -0.4 is 0 Å². The maximum Gasteiger partial charge on any atom is 0.416 e. The highest BCUT2D eigenvalue weighted by atomic mass is 19.4. The van der Waals surface area contributed by atoms with Gasteiger partial charge in [0.15, 0.2) is 5.78 Å². The minimum atomic E-state index is -4.39. The van der Waals surface area contributed by atoms with Crippen LogP contribution in [0.3, 0.4) is 0 Å². The molecule has 2 nitrogen and oxygen atoms in total. The number of allylic oxidation sites excluding steroid dienone is 8. The molecule has 39 heavy (non-hydrogen) atoms. The van der Waals surface area contributed by atoms with Crippen LogP contribution in [0.15, 0.2) is 77.7 Å². The minimum absolute atomic E-state index is 0.00545. The van der Waals surface area contributed by atoms with Crippen LogP contribution >= 0.6 is 0 Å². The number of carbonyl (C=O) groups excluding carboxylic acids is 1. The first-order chi connectivity index (χ1) is 18.3. The van der Waals surface area contributed by atoms with Gasteiger partial charge in [0.2, 0.25) is 0 Å². The molecule has 1 aromatic carbocycles. The predicted octanol–water partition coefficient (Wildman–Crippen LogP) is 10.9. The van der Waals surface area contributed by atoms with Gasteiger partial charge in [0, 0.05) is 19.2 Å². The molecule has 0 saturated carbocycles. The number of Topliss-reactive ketones (excluding diaryl/α,β-unsaturated/α-hetero) is 1. The van der Waals surface area contributed by atoms with E-state index in [0.29, 0.717) is 11.3 Å². The second-order valence-corrected chi connectivity index (χ2v) is 10.1. The Morgan fingerprint density at radius 2 is 1.67 bits per heavy atom. The number of benzene rings is 1. The van der Waals surface area contributed by atoms with Crippen molar-refractivity contribution in [3.8, 4) is 0 Å². The lowest BCUT2D eigenvalue weighted by Crippen LogP contribution is -2.31. The standard InChI is InChI=1S/C25H28F3NO.C5H12.C4H10/c1-6-8-12-23(18(4)20-10-9-11-22(15-20)25(26,27)28)21-14-13-17(3)29(16-21)24(7-2)19(5)30;1-4-5(2)3;1-3-4-2/h7-17H,6H2,1-5H3;5H,4H2,1-3H3;3-4H2,1-2H3/b12-8-,23-18-,24-7-;;. The van der Waals surface area contributed by atoms with Gasteiger partial charge in [0.05, 0.1) is 11.3 Å². The molecule has 1 aliphatic heterocycles. The number of unbranched alkanes of at least 4 members (excludes halogenated alkanes) is 1. The highest BCUT2D eigenvalue weighted by Gasteiger charge is 2.30. The Balaban J connectivity index is 0.00000139. The van der Waals surface area contributed by atoms with Crippen molar-refractivity contribution in [1.82, 2.24) is 4.90 Å². The topological polar surface area (TPSA) is 20.3 Å². The van der Waals surface area contributed by atoms with Crippen LogP contribution in [0, 0.1) is 5.92 Å². The van der Waals surface area contributed by atoms with E-state index in [0.717, 1.165) is 35.1 Å². The molecule has 1 aliphatic rings. The molecule has 0 fully saturated rings. The SMILES string of the molecule is C/C=C(/C(C)=O)N1C=C(C(/C=C\CC)=C(/C)c2cccc(C(F)(F)F)c2)C=CC1C.CCC(C)C.CCCC. The number of halogens is 3. The van der Waals surface area contributed by atoms with E-state index in [1.165, 1.54) is 38.3 Å². The van der Waals surface area contributed by atoms with Gasteiger partial charge >= 0.3 is 6.18 Å². The predicted molar refractivity (Wildman–Crippen MR) is 162 cm³/mol. The largest absolute Gasteiger partial charge is 0.416 e. The molecule has 218 valence electrons. The van der Waals surface area contributed by atoms with Crippen molar-refractivity contribution < 1.29 is 18.0 Å². The Morgan fingerprint density at radius 3 is 2.10 bits per heavy atom. The van der Waals surface area contributed by atoms with Crippen LogP contribution in [0.5, 0.6) is 0 Å². The molecular weight excluding hydrogens is 495 g/mol. The monoisotopic (exact) mass is 545 g/mol. The fraction of sp³-hybridized carbons (Fsp3) is 0.500. The zero-order valence-corrected chi connectivity index (χ0v) is 25.7. The average Bonchev–Trinajstić information content (AvgIpc) is 2.90. The van der Waals surface area contributed by atoms with Crippen LogP contribution in [0.1, 0.15) is 106 Å². The van der Waals surface area contributed by atoms with Crippen LogP contribution in [0.25, 0.3) is 5.57 Å². The van der Waals surface area contributed by atoms with E-state index in [1.807, 2.05) is 63.1 Å². The molecule has 1 heterocycles. The van der Waals surface area contributed by atoms with E-state index in [1.54, 1.807) is 12.1 Å². The summed E-state index contributed by atoms with van der Waals surface area (Å²) < 4.78 is 39.6. The molecule has 0 aromatic heterocycles. The van der Waals surface area contributed by atoms with Gasteiger partial charge in [-0.25, -0.2) is 0 Å². The van der Waals surface area contributed by atoms with Crippen LogP contribution in [-0.4, -0.2) is 16.7 Å². The normalized spacial score (nSPS) is 16.3. The first-order valence-electron chi connectivity index (χ1n) is 14.2. The smallest absolute Gasteiger partial charge is 0.338 e. The van der Waals surface area contributed by atoms with Gasteiger partial charge < -0.3 is 4.90 Å². The summed E-state index contributed by atoms with van der Waals surface area (Å²) in [6.45, 7) is 20.2.